The molecule has 0 saturated heterocycles. The summed E-state index contributed by atoms with van der Waals surface area (Å²) in [6, 6.07) is 3.81. The second-order valence-corrected chi connectivity index (χ2v) is 4.61. The van der Waals surface area contributed by atoms with Gasteiger partial charge >= 0.3 is 0 Å². The maximum atomic E-state index is 7.85. The second-order valence-electron chi connectivity index (χ2n) is 4.61. The average molecular weight is 205 g/mol. The maximum Gasteiger partial charge on any atom is 0.135 e. The molecule has 3 nitrogen and oxygen atoms in total. The van der Waals surface area contributed by atoms with E-state index in [9.17, 15) is 0 Å². The lowest BCUT2D eigenvalue weighted by Crippen LogP contribution is -2.27. The minimum atomic E-state index is -0.0306. The van der Waals surface area contributed by atoms with Crippen molar-refractivity contribution in [3.05, 3.63) is 23.9 Å². The molecule has 0 spiro atoms. The Hall–Kier alpha value is -1.38. The lowest BCUT2D eigenvalue weighted by Gasteiger charge is -2.23. The third-order valence-electron chi connectivity index (χ3n) is 1.98. The van der Waals surface area contributed by atoms with E-state index in [1.165, 1.54) is 0 Å². The number of hydrogen-bond acceptors (Lipinski definition) is 3. The van der Waals surface area contributed by atoms with Crippen LogP contribution in [-0.4, -0.2) is 16.2 Å². The van der Waals surface area contributed by atoms with E-state index in [0.29, 0.717) is 5.71 Å². The van der Waals surface area contributed by atoms with E-state index in [0.717, 1.165) is 17.8 Å². The molecule has 0 fully saturated rings. The van der Waals surface area contributed by atoms with Gasteiger partial charge in [-0.1, -0.05) is 6.92 Å². The molecule has 1 aromatic heterocycles. The molecule has 3 heteroatoms. The van der Waals surface area contributed by atoms with Gasteiger partial charge in [0.15, 0.2) is 0 Å². The van der Waals surface area contributed by atoms with Crippen molar-refractivity contribution in [2.45, 2.75) is 39.7 Å². The first-order valence-corrected chi connectivity index (χ1v) is 5.25. The Labute approximate surface area is 91.4 Å². The fourth-order valence-corrected chi connectivity index (χ4v) is 1.29. The molecule has 15 heavy (non-hydrogen) atoms. The Kier molecular flexibility index (Phi) is 3.45. The molecule has 0 amide bonds. The summed E-state index contributed by atoms with van der Waals surface area (Å²) in [5.74, 6) is 0.803. The van der Waals surface area contributed by atoms with Crippen molar-refractivity contribution < 1.29 is 0 Å². The summed E-state index contributed by atoms with van der Waals surface area (Å²) < 4.78 is 0. The number of aromatic nitrogens is 1. The predicted octanol–water partition coefficient (Wildman–Crippen LogP) is 3.07. The molecule has 0 atom stereocenters. The van der Waals surface area contributed by atoms with Gasteiger partial charge in [0.1, 0.15) is 5.82 Å². The fraction of sp³-hybridized carbons (Fsp3) is 0.500. The average Bonchev–Trinajstić information content (AvgIpc) is 2.15. The lowest BCUT2D eigenvalue weighted by molar-refractivity contribution is 0.630. The number of nitrogens with one attached hydrogen (secondary N) is 2. The van der Waals surface area contributed by atoms with E-state index in [-0.39, 0.29) is 5.54 Å². The molecule has 1 heterocycles. The molecular formula is C12H19N3. The predicted molar refractivity (Wildman–Crippen MR) is 64.7 cm³/mol. The van der Waals surface area contributed by atoms with Crippen LogP contribution in [0.2, 0.25) is 0 Å². The van der Waals surface area contributed by atoms with Crippen LogP contribution in [-0.2, 0) is 0 Å². The summed E-state index contributed by atoms with van der Waals surface area (Å²) in [6.45, 7) is 8.24. The van der Waals surface area contributed by atoms with E-state index in [1.54, 1.807) is 6.20 Å². The van der Waals surface area contributed by atoms with Crippen molar-refractivity contribution in [1.82, 2.24) is 4.98 Å². The highest BCUT2D eigenvalue weighted by Gasteiger charge is 2.14. The van der Waals surface area contributed by atoms with Gasteiger partial charge in [-0.15, -0.1) is 0 Å². The van der Waals surface area contributed by atoms with Crippen molar-refractivity contribution in [1.29, 1.82) is 5.41 Å². The number of anilines is 1. The number of hydrogen-bond donors (Lipinski definition) is 2. The van der Waals surface area contributed by atoms with Crippen molar-refractivity contribution >= 4 is 11.5 Å². The third-order valence-corrected chi connectivity index (χ3v) is 1.98. The van der Waals surface area contributed by atoms with Crippen molar-refractivity contribution in [2.75, 3.05) is 5.32 Å². The zero-order chi connectivity index (χ0) is 11.5. The van der Waals surface area contributed by atoms with Gasteiger partial charge in [-0.05, 0) is 39.3 Å². The van der Waals surface area contributed by atoms with Crippen LogP contribution in [0.15, 0.2) is 18.3 Å². The molecule has 0 aliphatic heterocycles. The van der Waals surface area contributed by atoms with Crippen LogP contribution in [0, 0.1) is 5.41 Å². The number of rotatable bonds is 3. The van der Waals surface area contributed by atoms with Crippen LogP contribution >= 0.6 is 0 Å². The van der Waals surface area contributed by atoms with Gasteiger partial charge in [0, 0.05) is 23.0 Å². The Morgan fingerprint density at radius 1 is 1.47 bits per heavy atom. The van der Waals surface area contributed by atoms with E-state index in [2.05, 4.69) is 31.1 Å². The van der Waals surface area contributed by atoms with Crippen LogP contribution in [0.1, 0.15) is 39.7 Å². The van der Waals surface area contributed by atoms with Crippen molar-refractivity contribution in [3.63, 3.8) is 0 Å². The summed E-state index contributed by atoms with van der Waals surface area (Å²) in [6.07, 6.45) is 2.48. The SMILES string of the molecule is CCC(=N)c1cccnc1NC(C)(C)C. The Balaban J connectivity index is 3.02. The lowest BCUT2D eigenvalue weighted by atomic mass is 10.1. The van der Waals surface area contributed by atoms with E-state index in [4.69, 9.17) is 5.41 Å². The summed E-state index contributed by atoms with van der Waals surface area (Å²) in [7, 11) is 0. The topological polar surface area (TPSA) is 48.8 Å². The molecular weight excluding hydrogens is 186 g/mol. The Morgan fingerprint density at radius 3 is 2.67 bits per heavy atom. The molecule has 1 rings (SSSR count). The van der Waals surface area contributed by atoms with Gasteiger partial charge in [-0.2, -0.15) is 0 Å². The van der Waals surface area contributed by atoms with E-state index in [1.807, 2.05) is 19.1 Å². The third kappa shape index (κ3) is 3.35. The van der Waals surface area contributed by atoms with Crippen LogP contribution in [0.5, 0.6) is 0 Å². The van der Waals surface area contributed by atoms with Crippen molar-refractivity contribution in [3.8, 4) is 0 Å². The molecule has 0 aliphatic carbocycles. The minimum Gasteiger partial charge on any atom is -0.365 e. The van der Waals surface area contributed by atoms with Gasteiger partial charge in [0.2, 0.25) is 0 Å². The standard InChI is InChI=1S/C12H19N3/c1-5-10(13)9-7-6-8-14-11(9)15-12(2,3)4/h6-8,13H,5H2,1-4H3,(H,14,15). The van der Waals surface area contributed by atoms with Crippen molar-refractivity contribution in [2.24, 2.45) is 0 Å². The molecule has 1 aromatic rings. The molecule has 0 unspecified atom stereocenters. The summed E-state index contributed by atoms with van der Waals surface area (Å²) in [4.78, 5) is 4.28. The summed E-state index contributed by atoms with van der Waals surface area (Å²) in [5, 5.41) is 11.2. The summed E-state index contributed by atoms with van der Waals surface area (Å²) >= 11 is 0. The Morgan fingerprint density at radius 2 is 2.13 bits per heavy atom. The van der Waals surface area contributed by atoms with E-state index >= 15 is 0 Å². The highest BCUT2D eigenvalue weighted by atomic mass is 15.0. The van der Waals surface area contributed by atoms with Gasteiger partial charge in [-0.3, -0.25) is 0 Å². The molecule has 0 bridgehead atoms. The van der Waals surface area contributed by atoms with Crippen LogP contribution in [0.25, 0.3) is 0 Å². The maximum absolute atomic E-state index is 7.85. The van der Waals surface area contributed by atoms with Crippen LogP contribution in [0.3, 0.4) is 0 Å². The normalized spacial score (nSPS) is 11.2. The smallest absolute Gasteiger partial charge is 0.135 e. The van der Waals surface area contributed by atoms with Gasteiger partial charge in [0.05, 0.1) is 0 Å². The molecule has 2 N–H and O–H groups in total. The Bertz CT molecular complexity index is 350. The quantitative estimate of drug-likeness (QED) is 0.745. The molecule has 82 valence electrons. The van der Waals surface area contributed by atoms with Gasteiger partial charge in [0.25, 0.3) is 0 Å². The zero-order valence-electron chi connectivity index (χ0n) is 9.89. The van der Waals surface area contributed by atoms with Gasteiger partial charge < -0.3 is 10.7 Å². The monoisotopic (exact) mass is 205 g/mol. The first kappa shape index (κ1) is 11.7. The highest BCUT2D eigenvalue weighted by Crippen LogP contribution is 2.18. The minimum absolute atomic E-state index is 0.0306. The first-order chi connectivity index (χ1) is 6.94. The largest absolute Gasteiger partial charge is 0.365 e. The fourth-order valence-electron chi connectivity index (χ4n) is 1.29. The number of nitrogens with zero attached hydrogens (tertiary/aromatic N) is 1. The molecule has 0 aromatic carbocycles. The molecule has 0 radical (unpaired) electrons. The van der Waals surface area contributed by atoms with E-state index < -0.39 is 0 Å². The highest BCUT2D eigenvalue weighted by molar-refractivity contribution is 6.02. The second kappa shape index (κ2) is 4.43. The zero-order valence-corrected chi connectivity index (χ0v) is 9.89. The first-order valence-electron chi connectivity index (χ1n) is 5.25. The van der Waals surface area contributed by atoms with Crippen LogP contribution in [0.4, 0.5) is 5.82 Å². The summed E-state index contributed by atoms with van der Waals surface area (Å²) in [5.41, 5.74) is 1.49. The number of pyridine rings is 1. The van der Waals surface area contributed by atoms with Crippen LogP contribution < -0.4 is 5.32 Å². The molecule has 0 aliphatic rings. The van der Waals surface area contributed by atoms with Gasteiger partial charge in [-0.25, -0.2) is 4.98 Å². The molecule has 0 saturated carbocycles.